The van der Waals surface area contributed by atoms with Crippen molar-refractivity contribution in [2.45, 2.75) is 18.2 Å². The third-order valence-electron chi connectivity index (χ3n) is 4.51. The molecule has 2 aromatic rings. The van der Waals surface area contributed by atoms with Gasteiger partial charge in [0, 0.05) is 18.5 Å². The number of rotatable bonds is 4. The first-order chi connectivity index (χ1) is 14.0. The minimum Gasteiger partial charge on any atom is -0.454 e. The number of carbonyl (C=O) groups is 2. The first-order valence-electron chi connectivity index (χ1n) is 8.95. The summed E-state index contributed by atoms with van der Waals surface area (Å²) in [6.45, 7) is 0.504. The monoisotopic (exact) mass is 431 g/mol. The number of benzene rings is 2. The first kappa shape index (κ1) is 19.6. The highest BCUT2D eigenvalue weighted by Gasteiger charge is 2.35. The van der Waals surface area contributed by atoms with Gasteiger partial charge in [0.05, 0.1) is 17.5 Å². The molecule has 2 heterocycles. The average molecular weight is 432 g/mol. The van der Waals surface area contributed by atoms with E-state index in [4.69, 9.17) is 21.1 Å². The number of amides is 2. The van der Waals surface area contributed by atoms with Gasteiger partial charge in [-0.2, -0.15) is 0 Å². The molecule has 0 aromatic heterocycles. The van der Waals surface area contributed by atoms with Crippen LogP contribution in [0.2, 0.25) is 5.02 Å². The van der Waals surface area contributed by atoms with E-state index in [-0.39, 0.29) is 25.0 Å². The number of fused-ring (bicyclic) bond motifs is 1. The van der Waals surface area contributed by atoms with Crippen molar-refractivity contribution in [1.82, 2.24) is 10.2 Å². The van der Waals surface area contributed by atoms with Gasteiger partial charge in [-0.1, -0.05) is 29.4 Å². The lowest BCUT2D eigenvalue weighted by Gasteiger charge is -2.31. The summed E-state index contributed by atoms with van der Waals surface area (Å²) in [7, 11) is 1.56. The highest BCUT2D eigenvalue weighted by molar-refractivity contribution is 8.15. The van der Waals surface area contributed by atoms with Gasteiger partial charge in [-0.05, 0) is 42.0 Å². The van der Waals surface area contributed by atoms with Gasteiger partial charge < -0.3 is 14.8 Å². The normalized spacial score (nSPS) is 19.5. The van der Waals surface area contributed by atoms with Crippen LogP contribution >= 0.6 is 23.4 Å². The third-order valence-corrected chi connectivity index (χ3v) is 5.95. The number of thioether (sulfide) groups is 1. The molecule has 4 rings (SSSR count). The molecule has 2 amide bonds. The van der Waals surface area contributed by atoms with Crippen molar-refractivity contribution in [2.75, 3.05) is 13.8 Å². The van der Waals surface area contributed by atoms with Crippen molar-refractivity contribution in [1.29, 1.82) is 0 Å². The lowest BCUT2D eigenvalue weighted by molar-refractivity contribution is -0.130. The van der Waals surface area contributed by atoms with Crippen LogP contribution in [0.3, 0.4) is 0 Å². The van der Waals surface area contributed by atoms with Crippen molar-refractivity contribution < 1.29 is 19.1 Å². The standard InChI is InChI=1S/C20H18ClN3O4S/c1-22-19(26)17-9-18(25)24(10-12-2-7-15-16(8-12)28-11-27-15)20(29-17)23-14-5-3-13(21)4-6-14/h2-8,17H,9-11H2,1H3,(H,22,26). The summed E-state index contributed by atoms with van der Waals surface area (Å²) in [5.41, 5.74) is 1.53. The van der Waals surface area contributed by atoms with E-state index < -0.39 is 5.25 Å². The van der Waals surface area contributed by atoms with Crippen LogP contribution in [0.4, 0.5) is 5.69 Å². The molecule has 0 radical (unpaired) electrons. The van der Waals surface area contributed by atoms with Crippen LogP contribution in [0, 0.1) is 0 Å². The fourth-order valence-electron chi connectivity index (χ4n) is 3.01. The van der Waals surface area contributed by atoms with E-state index in [0.29, 0.717) is 33.9 Å². The SMILES string of the molecule is CNC(=O)C1CC(=O)N(Cc2ccc3c(c2)OCO3)C(=Nc2ccc(Cl)cc2)S1. The molecule has 1 saturated heterocycles. The number of aliphatic imine (C=N–C) groups is 1. The molecule has 150 valence electrons. The van der Waals surface area contributed by atoms with Crippen molar-refractivity contribution in [3.05, 3.63) is 53.1 Å². The van der Waals surface area contributed by atoms with E-state index in [1.807, 2.05) is 18.2 Å². The summed E-state index contributed by atoms with van der Waals surface area (Å²) >= 11 is 7.22. The highest BCUT2D eigenvalue weighted by Crippen LogP contribution is 2.35. The van der Waals surface area contributed by atoms with Gasteiger partial charge in [0.2, 0.25) is 18.6 Å². The number of ether oxygens (including phenoxy) is 2. The molecule has 0 aliphatic carbocycles. The molecule has 2 aliphatic rings. The first-order valence-corrected chi connectivity index (χ1v) is 10.2. The summed E-state index contributed by atoms with van der Waals surface area (Å²) in [6, 6.07) is 12.6. The van der Waals surface area contributed by atoms with E-state index in [0.717, 1.165) is 5.56 Å². The van der Waals surface area contributed by atoms with E-state index >= 15 is 0 Å². The Balaban J connectivity index is 1.64. The smallest absolute Gasteiger partial charge is 0.233 e. The zero-order valence-electron chi connectivity index (χ0n) is 15.6. The maximum Gasteiger partial charge on any atom is 0.233 e. The molecule has 7 nitrogen and oxygen atoms in total. The summed E-state index contributed by atoms with van der Waals surface area (Å²) in [4.78, 5) is 31.2. The second kappa shape index (κ2) is 8.34. The fourth-order valence-corrected chi connectivity index (χ4v) is 4.29. The zero-order chi connectivity index (χ0) is 20.4. The quantitative estimate of drug-likeness (QED) is 0.803. The Morgan fingerprint density at radius 1 is 1.24 bits per heavy atom. The van der Waals surface area contributed by atoms with Crippen molar-refractivity contribution >= 4 is 46.0 Å². The fraction of sp³-hybridized carbons (Fsp3) is 0.250. The van der Waals surface area contributed by atoms with Crippen LogP contribution < -0.4 is 14.8 Å². The van der Waals surface area contributed by atoms with Crippen LogP contribution in [0.15, 0.2) is 47.5 Å². The molecule has 2 aliphatic heterocycles. The lowest BCUT2D eigenvalue weighted by Crippen LogP contribution is -2.45. The number of halogens is 1. The predicted molar refractivity (Wildman–Crippen MR) is 112 cm³/mol. The second-order valence-electron chi connectivity index (χ2n) is 6.46. The Labute approximate surface area is 177 Å². The van der Waals surface area contributed by atoms with Crippen LogP contribution in [0.1, 0.15) is 12.0 Å². The second-order valence-corrected chi connectivity index (χ2v) is 8.07. The van der Waals surface area contributed by atoms with E-state index in [2.05, 4.69) is 10.3 Å². The predicted octanol–water partition coefficient (Wildman–Crippen LogP) is 3.34. The number of amidine groups is 1. The topological polar surface area (TPSA) is 80.2 Å². The van der Waals surface area contributed by atoms with E-state index in [1.165, 1.54) is 11.8 Å². The van der Waals surface area contributed by atoms with Crippen molar-refractivity contribution in [2.24, 2.45) is 4.99 Å². The molecular weight excluding hydrogens is 414 g/mol. The Kier molecular flexibility index (Phi) is 5.64. The summed E-state index contributed by atoms with van der Waals surface area (Å²) < 4.78 is 10.8. The largest absolute Gasteiger partial charge is 0.454 e. The Morgan fingerprint density at radius 3 is 2.76 bits per heavy atom. The number of hydrogen-bond acceptors (Lipinski definition) is 6. The van der Waals surface area contributed by atoms with Gasteiger partial charge in [-0.25, -0.2) is 4.99 Å². The Bertz CT molecular complexity index is 980. The van der Waals surface area contributed by atoms with Gasteiger partial charge in [-0.15, -0.1) is 0 Å². The Morgan fingerprint density at radius 2 is 2.00 bits per heavy atom. The summed E-state index contributed by atoms with van der Waals surface area (Å²) in [5.74, 6) is 0.972. The molecule has 1 atom stereocenters. The number of carbonyl (C=O) groups excluding carboxylic acids is 2. The molecule has 1 N–H and O–H groups in total. The Hall–Kier alpha value is -2.71. The van der Waals surface area contributed by atoms with Gasteiger partial charge in [0.25, 0.3) is 0 Å². The maximum absolute atomic E-state index is 12.9. The highest BCUT2D eigenvalue weighted by atomic mass is 35.5. The number of nitrogens with one attached hydrogen (secondary N) is 1. The van der Waals surface area contributed by atoms with Gasteiger partial charge in [0.1, 0.15) is 0 Å². The molecule has 29 heavy (non-hydrogen) atoms. The molecule has 9 heteroatoms. The zero-order valence-corrected chi connectivity index (χ0v) is 17.1. The average Bonchev–Trinajstić information content (AvgIpc) is 3.19. The van der Waals surface area contributed by atoms with E-state index in [1.54, 1.807) is 36.2 Å². The maximum atomic E-state index is 12.9. The summed E-state index contributed by atoms with van der Waals surface area (Å²) in [6.07, 6.45) is 0.106. The van der Waals surface area contributed by atoms with Crippen molar-refractivity contribution in [3.8, 4) is 11.5 Å². The van der Waals surface area contributed by atoms with E-state index in [9.17, 15) is 9.59 Å². The molecule has 0 spiro atoms. The third kappa shape index (κ3) is 4.33. The molecule has 1 fully saturated rings. The van der Waals surface area contributed by atoms with Gasteiger partial charge in [0.15, 0.2) is 16.7 Å². The van der Waals surface area contributed by atoms with Gasteiger partial charge >= 0.3 is 0 Å². The molecular formula is C20H18ClN3O4S. The molecule has 0 bridgehead atoms. The minimum absolute atomic E-state index is 0.106. The summed E-state index contributed by atoms with van der Waals surface area (Å²) in [5, 5.41) is 3.15. The molecule has 1 unspecified atom stereocenters. The number of nitrogens with zero attached hydrogens (tertiary/aromatic N) is 2. The minimum atomic E-state index is -0.522. The molecule has 2 aromatic carbocycles. The van der Waals surface area contributed by atoms with Crippen LogP contribution in [0.25, 0.3) is 0 Å². The molecule has 0 saturated carbocycles. The van der Waals surface area contributed by atoms with Crippen LogP contribution in [0.5, 0.6) is 11.5 Å². The van der Waals surface area contributed by atoms with Crippen LogP contribution in [-0.2, 0) is 16.1 Å². The lowest BCUT2D eigenvalue weighted by atomic mass is 10.1. The number of hydrogen-bond donors (Lipinski definition) is 1. The van der Waals surface area contributed by atoms with Gasteiger partial charge in [-0.3, -0.25) is 14.5 Å². The van der Waals surface area contributed by atoms with Crippen molar-refractivity contribution in [3.63, 3.8) is 0 Å². The van der Waals surface area contributed by atoms with Crippen LogP contribution in [-0.4, -0.2) is 41.0 Å².